The molecular weight excluding hydrogens is 260 g/mol. The zero-order valence-electron chi connectivity index (χ0n) is 11.6. The summed E-state index contributed by atoms with van der Waals surface area (Å²) in [5.41, 5.74) is 0.981. The van der Waals surface area contributed by atoms with Gasteiger partial charge in [-0.05, 0) is 25.1 Å². The minimum absolute atomic E-state index is 0.132. The molecule has 1 rings (SSSR count). The Bertz CT molecular complexity index is 526. The average molecular weight is 278 g/mol. The van der Waals surface area contributed by atoms with Gasteiger partial charge in [0.1, 0.15) is 5.92 Å². The van der Waals surface area contributed by atoms with E-state index in [0.29, 0.717) is 11.4 Å². The number of nitrogens with one attached hydrogen (secondary N) is 2. The summed E-state index contributed by atoms with van der Waals surface area (Å²) in [6, 6.07) is 6.55. The largest absolute Gasteiger partial charge is 0.481 e. The Labute approximate surface area is 117 Å². The third-order valence-corrected chi connectivity index (χ3v) is 2.69. The summed E-state index contributed by atoms with van der Waals surface area (Å²) in [4.78, 5) is 33.9. The maximum Gasteiger partial charge on any atom is 0.315 e. The highest BCUT2D eigenvalue weighted by Gasteiger charge is 2.20. The van der Waals surface area contributed by atoms with E-state index in [2.05, 4.69) is 10.6 Å². The molecule has 0 saturated heterocycles. The molecule has 0 bridgehead atoms. The minimum atomic E-state index is -1.19. The normalized spacial score (nSPS) is 11.8. The van der Waals surface area contributed by atoms with Gasteiger partial charge in [-0.3, -0.25) is 14.4 Å². The molecule has 0 radical (unpaired) electrons. The minimum Gasteiger partial charge on any atom is -0.481 e. The molecule has 0 fully saturated rings. The van der Waals surface area contributed by atoms with Crippen molar-refractivity contribution in [3.05, 3.63) is 24.3 Å². The summed E-state index contributed by atoms with van der Waals surface area (Å²) in [6.45, 7) is 4.85. The molecule has 0 aliphatic heterocycles. The highest BCUT2D eigenvalue weighted by Crippen LogP contribution is 2.16. The van der Waals surface area contributed by atoms with Crippen molar-refractivity contribution in [2.24, 2.45) is 11.8 Å². The van der Waals surface area contributed by atoms with Crippen molar-refractivity contribution < 1.29 is 19.5 Å². The van der Waals surface area contributed by atoms with E-state index in [-0.39, 0.29) is 11.8 Å². The highest BCUT2D eigenvalue weighted by atomic mass is 16.4. The topological polar surface area (TPSA) is 95.5 Å². The van der Waals surface area contributed by atoms with Crippen LogP contribution in [0, 0.1) is 11.8 Å². The quantitative estimate of drug-likeness (QED) is 0.717. The van der Waals surface area contributed by atoms with Gasteiger partial charge in [-0.2, -0.15) is 0 Å². The van der Waals surface area contributed by atoms with Gasteiger partial charge >= 0.3 is 5.97 Å². The number of hydrogen-bond acceptors (Lipinski definition) is 3. The van der Waals surface area contributed by atoms with Crippen LogP contribution in [-0.2, 0) is 14.4 Å². The Morgan fingerprint density at radius 2 is 1.50 bits per heavy atom. The first-order valence-corrected chi connectivity index (χ1v) is 6.26. The van der Waals surface area contributed by atoms with E-state index >= 15 is 0 Å². The van der Waals surface area contributed by atoms with E-state index in [1.165, 1.54) is 6.92 Å². The van der Waals surface area contributed by atoms with E-state index in [9.17, 15) is 14.4 Å². The van der Waals surface area contributed by atoms with Crippen LogP contribution < -0.4 is 10.6 Å². The molecule has 1 atom stereocenters. The van der Waals surface area contributed by atoms with Gasteiger partial charge < -0.3 is 15.7 Å². The van der Waals surface area contributed by atoms with Crippen LogP contribution in [-0.4, -0.2) is 22.9 Å². The second-order valence-electron chi connectivity index (χ2n) is 4.77. The predicted octanol–water partition coefficient (Wildman–Crippen LogP) is 1.94. The van der Waals surface area contributed by atoms with E-state index < -0.39 is 17.8 Å². The molecule has 1 aromatic rings. The van der Waals surface area contributed by atoms with Crippen LogP contribution >= 0.6 is 0 Å². The van der Waals surface area contributed by atoms with E-state index in [4.69, 9.17) is 5.11 Å². The van der Waals surface area contributed by atoms with Crippen LogP contribution in [0.5, 0.6) is 0 Å². The number of aliphatic carboxylic acids is 1. The lowest BCUT2D eigenvalue weighted by Crippen LogP contribution is -2.26. The Morgan fingerprint density at radius 3 is 1.95 bits per heavy atom. The summed E-state index contributed by atoms with van der Waals surface area (Å²) >= 11 is 0. The fourth-order valence-electron chi connectivity index (χ4n) is 1.32. The number of carboxylic acids is 1. The molecular formula is C14H18N2O4. The summed E-state index contributed by atoms with van der Waals surface area (Å²) in [5.74, 6) is -3.21. The van der Waals surface area contributed by atoms with Gasteiger partial charge in [0, 0.05) is 17.3 Å². The molecule has 20 heavy (non-hydrogen) atoms. The van der Waals surface area contributed by atoms with Gasteiger partial charge in [-0.1, -0.05) is 19.9 Å². The SMILES string of the molecule is CC(C)C(=O)Nc1cccc(NC(=O)C(C)C(=O)O)c1. The van der Waals surface area contributed by atoms with Gasteiger partial charge in [0.15, 0.2) is 0 Å². The second kappa shape index (κ2) is 6.70. The molecule has 0 aliphatic carbocycles. The molecule has 1 unspecified atom stereocenters. The molecule has 6 nitrogen and oxygen atoms in total. The Morgan fingerprint density at radius 1 is 1.00 bits per heavy atom. The number of rotatable bonds is 5. The Balaban J connectivity index is 2.76. The molecule has 0 heterocycles. The third-order valence-electron chi connectivity index (χ3n) is 2.69. The maximum absolute atomic E-state index is 11.6. The number of carbonyl (C=O) groups is 3. The first kappa shape index (κ1) is 15.7. The fourth-order valence-corrected chi connectivity index (χ4v) is 1.32. The van der Waals surface area contributed by atoms with Crippen LogP contribution in [0.15, 0.2) is 24.3 Å². The van der Waals surface area contributed by atoms with Gasteiger partial charge in [0.25, 0.3) is 0 Å². The van der Waals surface area contributed by atoms with Crippen molar-refractivity contribution in [1.29, 1.82) is 0 Å². The van der Waals surface area contributed by atoms with Gasteiger partial charge in [0.2, 0.25) is 11.8 Å². The van der Waals surface area contributed by atoms with Gasteiger partial charge in [0.05, 0.1) is 0 Å². The van der Waals surface area contributed by atoms with E-state index in [0.717, 1.165) is 0 Å². The van der Waals surface area contributed by atoms with Crippen molar-refractivity contribution in [2.45, 2.75) is 20.8 Å². The van der Waals surface area contributed by atoms with Crippen molar-refractivity contribution in [3.63, 3.8) is 0 Å². The standard InChI is InChI=1S/C14H18N2O4/c1-8(2)12(17)15-10-5-4-6-11(7-10)16-13(18)9(3)14(19)20/h4-9H,1-3H3,(H,15,17)(H,16,18)(H,19,20). The lowest BCUT2D eigenvalue weighted by atomic mass is 10.1. The zero-order valence-corrected chi connectivity index (χ0v) is 11.6. The average Bonchev–Trinajstić information content (AvgIpc) is 2.37. The lowest BCUT2D eigenvalue weighted by Gasteiger charge is -2.11. The maximum atomic E-state index is 11.6. The Kier molecular flexibility index (Phi) is 5.25. The smallest absolute Gasteiger partial charge is 0.315 e. The molecule has 6 heteroatoms. The number of anilines is 2. The molecule has 3 N–H and O–H groups in total. The molecule has 2 amide bonds. The molecule has 0 aliphatic rings. The molecule has 0 spiro atoms. The van der Waals surface area contributed by atoms with Crippen molar-refractivity contribution >= 4 is 29.2 Å². The first-order valence-electron chi connectivity index (χ1n) is 6.26. The van der Waals surface area contributed by atoms with Crippen molar-refractivity contribution in [1.82, 2.24) is 0 Å². The van der Waals surface area contributed by atoms with Crippen LogP contribution in [0.25, 0.3) is 0 Å². The predicted molar refractivity (Wildman–Crippen MR) is 75.3 cm³/mol. The Hall–Kier alpha value is -2.37. The van der Waals surface area contributed by atoms with Crippen molar-refractivity contribution in [2.75, 3.05) is 10.6 Å². The fraction of sp³-hybridized carbons (Fsp3) is 0.357. The molecule has 1 aromatic carbocycles. The highest BCUT2D eigenvalue weighted by molar-refractivity contribution is 6.04. The van der Waals surface area contributed by atoms with Gasteiger partial charge in [-0.15, -0.1) is 0 Å². The van der Waals surface area contributed by atoms with Gasteiger partial charge in [-0.25, -0.2) is 0 Å². The first-order chi connectivity index (χ1) is 9.31. The molecule has 0 aromatic heterocycles. The van der Waals surface area contributed by atoms with Crippen molar-refractivity contribution in [3.8, 4) is 0 Å². The third kappa shape index (κ3) is 4.38. The summed E-state index contributed by atoms with van der Waals surface area (Å²) < 4.78 is 0. The van der Waals surface area contributed by atoms with Crippen LogP contribution in [0.3, 0.4) is 0 Å². The van der Waals surface area contributed by atoms with E-state index in [1.54, 1.807) is 38.1 Å². The molecule has 0 saturated carbocycles. The van der Waals surface area contributed by atoms with Crippen LogP contribution in [0.2, 0.25) is 0 Å². The number of carboxylic acid groups (broad SMARTS) is 1. The monoisotopic (exact) mass is 278 g/mol. The van der Waals surface area contributed by atoms with Crippen LogP contribution in [0.4, 0.5) is 11.4 Å². The molecule has 108 valence electrons. The summed E-state index contributed by atoms with van der Waals surface area (Å²) in [6.07, 6.45) is 0. The number of amides is 2. The van der Waals surface area contributed by atoms with E-state index in [1.807, 2.05) is 0 Å². The zero-order chi connectivity index (χ0) is 15.3. The van der Waals surface area contributed by atoms with Crippen LogP contribution in [0.1, 0.15) is 20.8 Å². The number of carbonyl (C=O) groups excluding carboxylic acids is 2. The number of hydrogen-bond donors (Lipinski definition) is 3. The second-order valence-corrected chi connectivity index (χ2v) is 4.77. The lowest BCUT2D eigenvalue weighted by molar-refractivity contribution is -0.144. The number of benzene rings is 1. The summed E-state index contributed by atoms with van der Waals surface area (Å²) in [7, 11) is 0. The summed E-state index contributed by atoms with van der Waals surface area (Å²) in [5, 5.41) is 13.9.